The van der Waals surface area contributed by atoms with E-state index in [-0.39, 0.29) is 12.4 Å². The Labute approximate surface area is 201 Å². The molecule has 0 unspecified atom stereocenters. The number of hydrogen-bond acceptors (Lipinski definition) is 6. The van der Waals surface area contributed by atoms with Gasteiger partial charge in [-0.05, 0) is 80.1 Å². The van der Waals surface area contributed by atoms with Gasteiger partial charge in [0.1, 0.15) is 5.75 Å². The fourth-order valence-electron chi connectivity index (χ4n) is 4.66. The molecule has 1 aliphatic heterocycles. The second-order valence-corrected chi connectivity index (χ2v) is 8.83. The van der Waals surface area contributed by atoms with E-state index in [0.717, 1.165) is 66.5 Å². The van der Waals surface area contributed by atoms with Crippen LogP contribution in [0.4, 0.5) is 11.4 Å². The van der Waals surface area contributed by atoms with Gasteiger partial charge in [-0.1, -0.05) is 12.1 Å². The Morgan fingerprint density at radius 3 is 2.50 bits per heavy atom. The molecule has 2 aliphatic rings. The smallest absolute Gasteiger partial charge is 0.199 e. The zero-order valence-corrected chi connectivity index (χ0v) is 19.7. The molecule has 34 heavy (non-hydrogen) atoms. The molecule has 3 aromatic rings. The number of ether oxygens (including phenoxy) is 4. The van der Waals surface area contributed by atoms with Gasteiger partial charge in [0.2, 0.25) is 0 Å². The third-order valence-electron chi connectivity index (χ3n) is 6.42. The highest BCUT2D eigenvalue weighted by Gasteiger charge is 2.24. The van der Waals surface area contributed by atoms with Gasteiger partial charge in [0.15, 0.2) is 17.8 Å². The van der Waals surface area contributed by atoms with E-state index >= 15 is 0 Å². The number of hydrogen-bond donors (Lipinski definition) is 0. The van der Waals surface area contributed by atoms with Gasteiger partial charge in [0.05, 0.1) is 25.5 Å². The lowest BCUT2D eigenvalue weighted by Crippen LogP contribution is -2.20. The zero-order valence-electron chi connectivity index (χ0n) is 19.7. The molecular formula is C28H32N2O4. The van der Waals surface area contributed by atoms with E-state index in [1.54, 1.807) is 13.3 Å². The Bertz CT molecular complexity index is 1050. The van der Waals surface area contributed by atoms with E-state index in [9.17, 15) is 0 Å². The summed E-state index contributed by atoms with van der Waals surface area (Å²) in [5, 5.41) is 0. The summed E-state index contributed by atoms with van der Waals surface area (Å²) in [7, 11) is 1.70. The van der Waals surface area contributed by atoms with Crippen molar-refractivity contribution >= 4 is 11.4 Å². The van der Waals surface area contributed by atoms with Crippen molar-refractivity contribution in [3.05, 3.63) is 72.6 Å². The molecule has 1 aromatic heterocycles. The van der Waals surface area contributed by atoms with Crippen molar-refractivity contribution in [3.8, 4) is 17.2 Å². The number of anilines is 2. The normalized spacial score (nSPS) is 18.1. The Morgan fingerprint density at radius 2 is 1.79 bits per heavy atom. The fourth-order valence-corrected chi connectivity index (χ4v) is 4.66. The number of nitrogens with zero attached hydrogens (tertiary/aromatic N) is 2. The van der Waals surface area contributed by atoms with Crippen molar-refractivity contribution < 1.29 is 18.9 Å². The van der Waals surface area contributed by atoms with Crippen LogP contribution in [0, 0.1) is 0 Å². The number of rotatable bonds is 9. The molecule has 2 heterocycles. The highest BCUT2D eigenvalue weighted by Crippen LogP contribution is 2.43. The van der Waals surface area contributed by atoms with E-state index in [0.29, 0.717) is 6.54 Å². The lowest BCUT2D eigenvalue weighted by Gasteiger charge is -2.29. The van der Waals surface area contributed by atoms with E-state index in [1.807, 2.05) is 36.5 Å². The van der Waals surface area contributed by atoms with Gasteiger partial charge < -0.3 is 23.8 Å². The number of pyridine rings is 1. The molecule has 2 fully saturated rings. The average molecular weight is 461 g/mol. The van der Waals surface area contributed by atoms with Gasteiger partial charge in [0, 0.05) is 31.0 Å². The van der Waals surface area contributed by atoms with Crippen LogP contribution in [-0.2, 0) is 11.3 Å². The first kappa shape index (κ1) is 22.5. The molecule has 0 amide bonds. The van der Waals surface area contributed by atoms with Crippen molar-refractivity contribution in [3.63, 3.8) is 0 Å². The maximum Gasteiger partial charge on any atom is 0.199 e. The third kappa shape index (κ3) is 5.28. The van der Waals surface area contributed by atoms with Crippen molar-refractivity contribution in [1.29, 1.82) is 0 Å². The average Bonchev–Trinajstić information content (AvgIpc) is 3.59. The SMILES string of the molecule is COc1cccc(N(Cc2cccnc2)c2ccc(O[C@H]3CCCO3)cc2)c1OC1CCCC1. The van der Waals surface area contributed by atoms with Gasteiger partial charge in [-0.15, -0.1) is 0 Å². The van der Waals surface area contributed by atoms with E-state index in [4.69, 9.17) is 18.9 Å². The molecule has 6 heteroatoms. The van der Waals surface area contributed by atoms with Crippen LogP contribution in [0.3, 0.4) is 0 Å². The Hall–Kier alpha value is -3.25. The van der Waals surface area contributed by atoms with Crippen molar-refractivity contribution in [2.45, 2.75) is 57.5 Å². The van der Waals surface area contributed by atoms with E-state index in [1.165, 1.54) is 12.8 Å². The maximum atomic E-state index is 6.56. The summed E-state index contributed by atoms with van der Waals surface area (Å²) >= 11 is 0. The molecule has 2 aromatic carbocycles. The molecule has 178 valence electrons. The van der Waals surface area contributed by atoms with Crippen LogP contribution in [0.1, 0.15) is 44.1 Å². The third-order valence-corrected chi connectivity index (χ3v) is 6.42. The quantitative estimate of drug-likeness (QED) is 0.375. The van der Waals surface area contributed by atoms with Crippen molar-refractivity contribution in [1.82, 2.24) is 4.98 Å². The van der Waals surface area contributed by atoms with Gasteiger partial charge in [-0.2, -0.15) is 0 Å². The molecule has 1 aliphatic carbocycles. The molecule has 0 spiro atoms. The van der Waals surface area contributed by atoms with Crippen molar-refractivity contribution in [2.24, 2.45) is 0 Å². The highest BCUT2D eigenvalue weighted by molar-refractivity contribution is 5.73. The highest BCUT2D eigenvalue weighted by atomic mass is 16.7. The molecule has 0 N–H and O–H groups in total. The second kappa shape index (κ2) is 10.8. The molecular weight excluding hydrogens is 428 g/mol. The van der Waals surface area contributed by atoms with Gasteiger partial charge in [-0.3, -0.25) is 4.98 Å². The Kier molecular flexibility index (Phi) is 7.15. The predicted octanol–water partition coefficient (Wildman–Crippen LogP) is 6.27. The Balaban J connectivity index is 1.49. The number of benzene rings is 2. The largest absolute Gasteiger partial charge is 0.493 e. The summed E-state index contributed by atoms with van der Waals surface area (Å²) in [6.07, 6.45) is 10.3. The minimum atomic E-state index is -0.151. The van der Waals surface area contributed by atoms with Crippen LogP contribution < -0.4 is 19.1 Å². The molecule has 1 saturated carbocycles. The summed E-state index contributed by atoms with van der Waals surface area (Å²) in [6.45, 7) is 1.41. The molecule has 1 atom stereocenters. The fraction of sp³-hybridized carbons (Fsp3) is 0.393. The first-order chi connectivity index (χ1) is 16.8. The predicted molar refractivity (Wildman–Crippen MR) is 132 cm³/mol. The van der Waals surface area contributed by atoms with Crippen LogP contribution in [0.25, 0.3) is 0 Å². The summed E-state index contributed by atoms with van der Waals surface area (Å²) in [6, 6.07) is 18.3. The topological polar surface area (TPSA) is 53.1 Å². The second-order valence-electron chi connectivity index (χ2n) is 8.83. The summed E-state index contributed by atoms with van der Waals surface area (Å²) < 4.78 is 23.9. The van der Waals surface area contributed by atoms with Gasteiger partial charge in [0.25, 0.3) is 0 Å². The van der Waals surface area contributed by atoms with Crippen LogP contribution in [0.5, 0.6) is 17.2 Å². The molecule has 1 saturated heterocycles. The summed E-state index contributed by atoms with van der Waals surface area (Å²) in [4.78, 5) is 6.57. The van der Waals surface area contributed by atoms with Crippen molar-refractivity contribution in [2.75, 3.05) is 18.6 Å². The van der Waals surface area contributed by atoms with E-state index in [2.05, 4.69) is 34.1 Å². The van der Waals surface area contributed by atoms with Crippen LogP contribution in [0.15, 0.2) is 67.0 Å². The standard InChI is InChI=1S/C28H32N2O4/c1-31-26-11-4-10-25(28(26)34-23-8-2-3-9-23)30(20-21-7-5-17-29-19-21)22-13-15-24(16-14-22)33-27-12-6-18-32-27/h4-5,7,10-11,13-17,19,23,27H,2-3,6,8-9,12,18,20H2,1H3/t27-/m0/s1. The first-order valence-electron chi connectivity index (χ1n) is 12.2. The Morgan fingerprint density at radius 1 is 0.941 bits per heavy atom. The summed E-state index contributed by atoms with van der Waals surface area (Å²) in [5.41, 5.74) is 3.12. The molecule has 6 nitrogen and oxygen atoms in total. The van der Waals surface area contributed by atoms with Crippen LogP contribution in [0.2, 0.25) is 0 Å². The molecule has 0 bridgehead atoms. The monoisotopic (exact) mass is 460 g/mol. The minimum absolute atomic E-state index is 0.151. The maximum absolute atomic E-state index is 6.56. The van der Waals surface area contributed by atoms with Crippen LogP contribution >= 0.6 is 0 Å². The minimum Gasteiger partial charge on any atom is -0.493 e. The number of methoxy groups -OCH3 is 1. The lowest BCUT2D eigenvalue weighted by atomic mass is 10.1. The van der Waals surface area contributed by atoms with Gasteiger partial charge >= 0.3 is 0 Å². The van der Waals surface area contributed by atoms with Crippen LogP contribution in [-0.4, -0.2) is 31.1 Å². The number of para-hydroxylation sites is 1. The summed E-state index contributed by atoms with van der Waals surface area (Å²) in [5.74, 6) is 2.35. The first-order valence-corrected chi connectivity index (χ1v) is 12.2. The molecule has 0 radical (unpaired) electrons. The molecule has 5 rings (SSSR count). The zero-order chi connectivity index (χ0) is 23.2. The number of aromatic nitrogens is 1. The van der Waals surface area contributed by atoms with Gasteiger partial charge in [-0.25, -0.2) is 0 Å². The lowest BCUT2D eigenvalue weighted by molar-refractivity contribution is -0.0390. The van der Waals surface area contributed by atoms with E-state index < -0.39 is 0 Å².